The molecule has 5 rings (SSSR count). The first-order valence-corrected chi connectivity index (χ1v) is 12.0. The average molecular weight is 481 g/mol. The van der Waals surface area contributed by atoms with E-state index in [4.69, 9.17) is 14.2 Å². The van der Waals surface area contributed by atoms with Gasteiger partial charge in [-0.25, -0.2) is 0 Å². The fraction of sp³-hybridized carbons (Fsp3) is 0.333. The highest BCUT2D eigenvalue weighted by atomic mass is 32.2. The Bertz CT molecular complexity index is 1200. The number of ketones is 1. The lowest BCUT2D eigenvalue weighted by molar-refractivity contribution is -0.118. The number of methoxy groups -OCH3 is 1. The Kier molecular flexibility index (Phi) is 6.50. The van der Waals surface area contributed by atoms with Gasteiger partial charge in [0, 0.05) is 17.7 Å². The van der Waals surface area contributed by atoms with E-state index in [1.807, 2.05) is 28.8 Å². The number of fused-ring (bicyclic) bond motifs is 1. The van der Waals surface area contributed by atoms with Crippen molar-refractivity contribution in [2.45, 2.75) is 30.6 Å². The molecule has 2 aliphatic rings. The van der Waals surface area contributed by atoms with E-state index in [1.165, 1.54) is 11.8 Å². The number of ether oxygens (including phenoxy) is 3. The molecule has 176 valence electrons. The molecule has 9 nitrogen and oxygen atoms in total. The van der Waals surface area contributed by atoms with Crippen LogP contribution in [-0.4, -0.2) is 58.6 Å². The van der Waals surface area contributed by atoms with Crippen LogP contribution in [0.4, 0.5) is 5.69 Å². The van der Waals surface area contributed by atoms with E-state index in [2.05, 4.69) is 15.5 Å². The van der Waals surface area contributed by atoms with E-state index in [0.717, 1.165) is 36.6 Å². The molecule has 1 amide bonds. The Morgan fingerprint density at radius 3 is 2.85 bits per heavy atom. The zero-order valence-corrected chi connectivity index (χ0v) is 19.5. The summed E-state index contributed by atoms with van der Waals surface area (Å²) >= 11 is 1.34. The second kappa shape index (κ2) is 9.86. The van der Waals surface area contributed by atoms with E-state index in [0.29, 0.717) is 28.7 Å². The Balaban J connectivity index is 1.35. The van der Waals surface area contributed by atoms with Crippen LogP contribution in [0, 0.1) is 0 Å². The van der Waals surface area contributed by atoms with Crippen LogP contribution < -0.4 is 14.8 Å². The zero-order chi connectivity index (χ0) is 23.5. The van der Waals surface area contributed by atoms with Gasteiger partial charge in [-0.05, 0) is 55.3 Å². The molecule has 0 spiro atoms. The molecule has 1 atom stereocenters. The quantitative estimate of drug-likeness (QED) is 0.386. The summed E-state index contributed by atoms with van der Waals surface area (Å²) in [5.74, 6) is 1.91. The summed E-state index contributed by atoms with van der Waals surface area (Å²) in [7, 11) is 1.63. The Morgan fingerprint density at radius 1 is 1.24 bits per heavy atom. The number of nitrogens with one attached hydrogen (secondary N) is 1. The predicted molar refractivity (Wildman–Crippen MR) is 127 cm³/mol. The number of nitrogens with zero attached hydrogens (tertiary/aromatic N) is 3. The van der Waals surface area contributed by atoms with Gasteiger partial charge in [0.15, 0.2) is 23.4 Å². The van der Waals surface area contributed by atoms with Crippen LogP contribution in [0.5, 0.6) is 11.5 Å². The first-order chi connectivity index (χ1) is 16.6. The summed E-state index contributed by atoms with van der Waals surface area (Å²) in [5.41, 5.74) is 1.92. The second-order valence-corrected chi connectivity index (χ2v) is 8.98. The molecule has 2 aliphatic heterocycles. The van der Waals surface area contributed by atoms with Gasteiger partial charge in [-0.15, -0.1) is 10.2 Å². The summed E-state index contributed by atoms with van der Waals surface area (Å²) < 4.78 is 18.5. The summed E-state index contributed by atoms with van der Waals surface area (Å²) in [4.78, 5) is 24.5. The molecule has 1 unspecified atom stereocenters. The van der Waals surface area contributed by atoms with Crippen LogP contribution >= 0.6 is 11.8 Å². The van der Waals surface area contributed by atoms with Gasteiger partial charge in [0.2, 0.25) is 0 Å². The van der Waals surface area contributed by atoms with Gasteiger partial charge in [-0.1, -0.05) is 11.8 Å². The smallest absolute Gasteiger partial charge is 0.262 e. The number of rotatable bonds is 8. The lowest BCUT2D eigenvalue weighted by Crippen LogP contribution is -2.25. The molecule has 0 saturated carbocycles. The Labute approximate surface area is 200 Å². The molecular formula is C24H24N4O5S. The third-order valence-electron chi connectivity index (χ3n) is 5.74. The molecule has 0 bridgehead atoms. The van der Waals surface area contributed by atoms with Crippen molar-refractivity contribution in [1.82, 2.24) is 14.8 Å². The van der Waals surface area contributed by atoms with Crippen LogP contribution in [0.1, 0.15) is 23.2 Å². The number of hydrogen-bond donors (Lipinski definition) is 1. The number of Topliss-reactive ketones (excluding diaryl/α,β-unsaturated/α-hetero) is 1. The number of carbonyl (C=O) groups is 2. The van der Waals surface area contributed by atoms with Gasteiger partial charge in [0.05, 0.1) is 31.2 Å². The first kappa shape index (κ1) is 22.4. The monoisotopic (exact) mass is 480 g/mol. The normalized spacial score (nSPS) is 17.1. The van der Waals surface area contributed by atoms with E-state index < -0.39 is 0 Å². The van der Waals surface area contributed by atoms with Crippen LogP contribution in [-0.2, 0) is 16.1 Å². The highest BCUT2D eigenvalue weighted by Crippen LogP contribution is 2.31. The Hall–Kier alpha value is -3.37. The van der Waals surface area contributed by atoms with Crippen molar-refractivity contribution in [3.63, 3.8) is 0 Å². The lowest BCUT2D eigenvalue weighted by Gasteiger charge is -2.18. The molecular weight excluding hydrogens is 456 g/mol. The molecule has 1 fully saturated rings. The topological polar surface area (TPSA) is 105 Å². The molecule has 3 heterocycles. The van der Waals surface area contributed by atoms with Crippen molar-refractivity contribution in [1.29, 1.82) is 0 Å². The number of benzene rings is 2. The summed E-state index contributed by atoms with van der Waals surface area (Å²) in [6.45, 7) is 1.35. The molecule has 0 aliphatic carbocycles. The molecule has 1 saturated heterocycles. The minimum Gasteiger partial charge on any atom is -0.497 e. The molecule has 0 radical (unpaired) electrons. The lowest BCUT2D eigenvalue weighted by atomic mass is 10.1. The maximum absolute atomic E-state index is 12.9. The van der Waals surface area contributed by atoms with Crippen molar-refractivity contribution in [2.75, 3.05) is 31.4 Å². The molecule has 2 aromatic carbocycles. The molecule has 1 aromatic heterocycles. The molecule has 34 heavy (non-hydrogen) atoms. The van der Waals surface area contributed by atoms with Gasteiger partial charge < -0.3 is 19.5 Å². The molecule has 3 aromatic rings. The van der Waals surface area contributed by atoms with Crippen LogP contribution in [0.2, 0.25) is 0 Å². The third-order valence-corrected chi connectivity index (χ3v) is 6.71. The second-order valence-electron chi connectivity index (χ2n) is 8.04. The van der Waals surface area contributed by atoms with Gasteiger partial charge in [-0.3, -0.25) is 14.2 Å². The van der Waals surface area contributed by atoms with E-state index >= 15 is 0 Å². The molecule has 1 N–H and O–H groups in total. The van der Waals surface area contributed by atoms with Gasteiger partial charge in [0.25, 0.3) is 5.91 Å². The van der Waals surface area contributed by atoms with Crippen LogP contribution in [0.15, 0.2) is 47.6 Å². The fourth-order valence-corrected chi connectivity index (χ4v) is 4.82. The minimum absolute atomic E-state index is 0.0208. The number of hydrogen-bond acceptors (Lipinski definition) is 8. The van der Waals surface area contributed by atoms with Crippen LogP contribution in [0.25, 0.3) is 11.4 Å². The standard InChI is InChI=1S/C24H24N4O5S/c1-31-17-7-4-15(5-8-17)23-26-27-24(28(23)12-18-3-2-10-32-18)34-14-20(29)16-6-9-21-19(11-16)25-22(30)13-33-21/h4-9,11,18H,2-3,10,12-14H2,1H3,(H,25,30). The number of anilines is 1. The highest BCUT2D eigenvalue weighted by molar-refractivity contribution is 7.99. The van der Waals surface area contributed by atoms with Gasteiger partial charge in [-0.2, -0.15) is 0 Å². The summed E-state index contributed by atoms with van der Waals surface area (Å²) in [6.07, 6.45) is 2.10. The van der Waals surface area contributed by atoms with Crippen molar-refractivity contribution in [2.24, 2.45) is 0 Å². The van der Waals surface area contributed by atoms with Crippen molar-refractivity contribution in [3.05, 3.63) is 48.0 Å². The SMILES string of the molecule is COc1ccc(-c2nnc(SCC(=O)c3ccc4c(c3)NC(=O)CO4)n2CC2CCCO2)cc1. The van der Waals surface area contributed by atoms with E-state index in [1.54, 1.807) is 25.3 Å². The summed E-state index contributed by atoms with van der Waals surface area (Å²) in [5, 5.41) is 12.2. The van der Waals surface area contributed by atoms with Gasteiger partial charge >= 0.3 is 0 Å². The largest absolute Gasteiger partial charge is 0.497 e. The average Bonchev–Trinajstić information content (AvgIpc) is 3.52. The molecule has 10 heteroatoms. The number of aromatic nitrogens is 3. The predicted octanol–water partition coefficient (Wildman–Crippen LogP) is 3.44. The zero-order valence-electron chi connectivity index (χ0n) is 18.7. The van der Waals surface area contributed by atoms with Crippen LogP contribution in [0.3, 0.4) is 0 Å². The highest BCUT2D eigenvalue weighted by Gasteiger charge is 2.23. The summed E-state index contributed by atoms with van der Waals surface area (Å²) in [6, 6.07) is 12.7. The van der Waals surface area contributed by atoms with E-state index in [9.17, 15) is 9.59 Å². The maximum atomic E-state index is 12.9. The Morgan fingerprint density at radius 2 is 2.09 bits per heavy atom. The van der Waals surface area contributed by atoms with Crippen molar-refractivity contribution < 1.29 is 23.8 Å². The van der Waals surface area contributed by atoms with E-state index in [-0.39, 0.29) is 30.2 Å². The minimum atomic E-state index is -0.236. The van der Waals surface area contributed by atoms with Gasteiger partial charge in [0.1, 0.15) is 11.5 Å². The first-order valence-electron chi connectivity index (χ1n) is 11.0. The number of carbonyl (C=O) groups excluding carboxylic acids is 2. The number of thioether (sulfide) groups is 1. The maximum Gasteiger partial charge on any atom is 0.262 e. The fourth-order valence-electron chi connectivity index (χ4n) is 3.98. The third kappa shape index (κ3) is 4.78. The van der Waals surface area contributed by atoms with Crippen molar-refractivity contribution >= 4 is 29.1 Å². The number of amides is 1. The van der Waals surface area contributed by atoms with Crippen molar-refractivity contribution in [3.8, 4) is 22.9 Å².